The van der Waals surface area contributed by atoms with Gasteiger partial charge in [-0.2, -0.15) is 0 Å². The fraction of sp³-hybridized carbons (Fsp3) is 0.526. The Hall–Kier alpha value is -2.77. The van der Waals surface area contributed by atoms with Crippen LogP contribution in [0.2, 0.25) is 0 Å². The summed E-state index contributed by atoms with van der Waals surface area (Å²) in [6.45, 7) is 1.82. The first-order valence-corrected chi connectivity index (χ1v) is 9.33. The molecule has 1 atom stereocenters. The number of carbonyl (C=O) groups excluding carboxylic acids is 1. The van der Waals surface area contributed by atoms with Crippen molar-refractivity contribution in [2.24, 2.45) is 0 Å². The molecule has 2 amide bonds. The van der Waals surface area contributed by atoms with Crippen LogP contribution in [-0.2, 0) is 6.54 Å². The predicted molar refractivity (Wildman–Crippen MR) is 99.0 cm³/mol. The third kappa shape index (κ3) is 3.84. The first kappa shape index (κ1) is 17.6. The van der Waals surface area contributed by atoms with E-state index in [1.165, 1.54) is 12.8 Å². The first-order chi connectivity index (χ1) is 13.2. The number of urea groups is 1. The molecule has 4 rings (SSSR count). The van der Waals surface area contributed by atoms with Crippen LogP contribution in [0.25, 0.3) is 0 Å². The van der Waals surface area contributed by atoms with Crippen molar-refractivity contribution in [2.75, 3.05) is 27.3 Å². The van der Waals surface area contributed by atoms with Crippen molar-refractivity contribution >= 4 is 6.03 Å². The van der Waals surface area contributed by atoms with Crippen LogP contribution in [0, 0.1) is 0 Å². The maximum absolute atomic E-state index is 12.5. The Morgan fingerprint density at radius 1 is 1.22 bits per heavy atom. The molecule has 0 spiro atoms. The number of likely N-dealkylation sites (tertiary alicyclic amines) is 1. The molecule has 2 fully saturated rings. The number of hydrogen-bond acceptors (Lipinski definition) is 5. The zero-order valence-corrected chi connectivity index (χ0v) is 15.7. The lowest BCUT2D eigenvalue weighted by Crippen LogP contribution is -2.38. The molecule has 1 aliphatic carbocycles. The van der Waals surface area contributed by atoms with E-state index in [0.29, 0.717) is 30.5 Å². The highest BCUT2D eigenvalue weighted by Gasteiger charge is 2.31. The smallest absolute Gasteiger partial charge is 0.317 e. The number of methoxy groups -OCH3 is 2. The Bertz CT molecular complexity index is 817. The normalized spacial score (nSPS) is 19.2. The summed E-state index contributed by atoms with van der Waals surface area (Å²) < 4.78 is 12.5. The van der Waals surface area contributed by atoms with Gasteiger partial charge >= 0.3 is 6.03 Å². The Morgan fingerprint density at radius 2 is 2.04 bits per heavy atom. The van der Waals surface area contributed by atoms with Crippen LogP contribution in [0.4, 0.5) is 4.79 Å². The molecule has 1 aromatic carbocycles. The van der Waals surface area contributed by atoms with E-state index < -0.39 is 0 Å². The Kier molecular flexibility index (Phi) is 4.87. The lowest BCUT2D eigenvalue weighted by Gasteiger charge is -2.18. The molecule has 2 aliphatic rings. The third-order valence-corrected chi connectivity index (χ3v) is 5.24. The van der Waals surface area contributed by atoms with Gasteiger partial charge in [0.1, 0.15) is 0 Å². The summed E-state index contributed by atoms with van der Waals surface area (Å²) >= 11 is 0. The average Bonchev–Trinajstić information content (AvgIpc) is 3.22. The van der Waals surface area contributed by atoms with Gasteiger partial charge in [0.2, 0.25) is 0 Å². The Morgan fingerprint density at radius 3 is 2.78 bits per heavy atom. The highest BCUT2D eigenvalue weighted by Crippen LogP contribution is 2.39. The minimum Gasteiger partial charge on any atom is -0.493 e. The number of ether oxygens (including phenoxy) is 2. The molecule has 1 N–H and O–H groups in total. The van der Waals surface area contributed by atoms with Crippen molar-refractivity contribution in [1.29, 1.82) is 0 Å². The minimum atomic E-state index is -0.0604. The van der Waals surface area contributed by atoms with Crippen molar-refractivity contribution in [3.05, 3.63) is 35.7 Å². The van der Waals surface area contributed by atoms with E-state index in [4.69, 9.17) is 9.47 Å². The second kappa shape index (κ2) is 7.46. The lowest BCUT2D eigenvalue weighted by molar-refractivity contribution is 0.206. The van der Waals surface area contributed by atoms with E-state index in [2.05, 4.69) is 15.6 Å². The van der Waals surface area contributed by atoms with Gasteiger partial charge < -0.3 is 19.7 Å². The van der Waals surface area contributed by atoms with Crippen LogP contribution in [0.3, 0.4) is 0 Å². The number of nitrogens with zero attached hydrogens (tertiary/aromatic N) is 4. The van der Waals surface area contributed by atoms with Gasteiger partial charge in [0.05, 0.1) is 26.0 Å². The molecule has 1 aliphatic heterocycles. The second-order valence-corrected chi connectivity index (χ2v) is 7.13. The van der Waals surface area contributed by atoms with Crippen molar-refractivity contribution in [1.82, 2.24) is 25.2 Å². The molecule has 2 aromatic rings. The number of benzene rings is 1. The van der Waals surface area contributed by atoms with Gasteiger partial charge in [-0.1, -0.05) is 11.3 Å². The molecule has 8 nitrogen and oxygen atoms in total. The van der Waals surface area contributed by atoms with Gasteiger partial charge in [-0.15, -0.1) is 5.10 Å². The summed E-state index contributed by atoms with van der Waals surface area (Å²) in [7, 11) is 3.20. The summed E-state index contributed by atoms with van der Waals surface area (Å²) in [5.41, 5.74) is 2.05. The van der Waals surface area contributed by atoms with E-state index in [0.717, 1.165) is 24.2 Å². The molecular weight excluding hydrogens is 346 g/mol. The predicted octanol–water partition coefficient (Wildman–Crippen LogP) is 2.33. The van der Waals surface area contributed by atoms with Crippen LogP contribution in [0.5, 0.6) is 11.5 Å². The number of aromatic nitrogens is 3. The van der Waals surface area contributed by atoms with Gasteiger partial charge in [-0.3, -0.25) is 0 Å². The quantitative estimate of drug-likeness (QED) is 0.843. The highest BCUT2D eigenvalue weighted by atomic mass is 16.5. The molecule has 1 saturated carbocycles. The van der Waals surface area contributed by atoms with E-state index in [1.807, 2.05) is 34.0 Å². The SMILES string of the molecule is COc1ccc(CNC(=O)N2CCC(n3cc(C4CC4)nn3)C2)cc1OC. The minimum absolute atomic E-state index is 0.0604. The zero-order chi connectivity index (χ0) is 18.8. The van der Waals surface area contributed by atoms with E-state index in [-0.39, 0.29) is 12.1 Å². The third-order valence-electron chi connectivity index (χ3n) is 5.24. The lowest BCUT2D eigenvalue weighted by atomic mass is 10.2. The molecule has 1 saturated heterocycles. The molecule has 27 heavy (non-hydrogen) atoms. The van der Waals surface area contributed by atoms with E-state index in [1.54, 1.807) is 14.2 Å². The molecule has 8 heteroatoms. The topological polar surface area (TPSA) is 81.5 Å². The molecule has 144 valence electrons. The number of amides is 2. The monoisotopic (exact) mass is 371 g/mol. The molecule has 1 aromatic heterocycles. The van der Waals surface area contributed by atoms with E-state index in [9.17, 15) is 4.79 Å². The summed E-state index contributed by atoms with van der Waals surface area (Å²) in [5, 5.41) is 11.5. The highest BCUT2D eigenvalue weighted by molar-refractivity contribution is 5.74. The first-order valence-electron chi connectivity index (χ1n) is 9.33. The van der Waals surface area contributed by atoms with Gasteiger partial charge in [0.25, 0.3) is 0 Å². The van der Waals surface area contributed by atoms with Gasteiger partial charge in [0, 0.05) is 31.7 Å². The van der Waals surface area contributed by atoms with Gasteiger partial charge in [0.15, 0.2) is 11.5 Å². The van der Waals surface area contributed by atoms with Crippen LogP contribution in [-0.4, -0.2) is 53.2 Å². The number of hydrogen-bond donors (Lipinski definition) is 1. The summed E-state index contributed by atoms with van der Waals surface area (Å²) in [4.78, 5) is 14.3. The molecule has 1 unspecified atom stereocenters. The summed E-state index contributed by atoms with van der Waals surface area (Å²) in [5.74, 6) is 1.93. The second-order valence-electron chi connectivity index (χ2n) is 7.13. The molecule has 2 heterocycles. The Balaban J connectivity index is 1.31. The van der Waals surface area contributed by atoms with Crippen molar-refractivity contribution < 1.29 is 14.3 Å². The van der Waals surface area contributed by atoms with Crippen LogP contribution in [0.15, 0.2) is 24.4 Å². The fourth-order valence-electron chi connectivity index (χ4n) is 3.46. The number of carbonyl (C=O) groups is 1. The maximum atomic E-state index is 12.5. The van der Waals surface area contributed by atoms with E-state index >= 15 is 0 Å². The van der Waals surface area contributed by atoms with Crippen LogP contribution < -0.4 is 14.8 Å². The standard InChI is InChI=1S/C19H25N5O3/c1-26-17-6-3-13(9-18(17)27-2)10-20-19(25)23-8-7-15(11-23)24-12-16(21-22-24)14-4-5-14/h3,6,9,12,14-15H,4-5,7-8,10-11H2,1-2H3,(H,20,25). The zero-order valence-electron chi connectivity index (χ0n) is 15.7. The number of nitrogens with one attached hydrogen (secondary N) is 1. The van der Waals surface area contributed by atoms with Gasteiger partial charge in [-0.25, -0.2) is 9.48 Å². The maximum Gasteiger partial charge on any atom is 0.317 e. The van der Waals surface area contributed by atoms with Gasteiger partial charge in [-0.05, 0) is 37.0 Å². The Labute approximate surface area is 158 Å². The number of rotatable bonds is 6. The van der Waals surface area contributed by atoms with Crippen LogP contribution >= 0.6 is 0 Å². The van der Waals surface area contributed by atoms with Crippen molar-refractivity contribution in [3.63, 3.8) is 0 Å². The fourth-order valence-corrected chi connectivity index (χ4v) is 3.46. The summed E-state index contributed by atoms with van der Waals surface area (Å²) in [6, 6.07) is 5.78. The average molecular weight is 371 g/mol. The molecule has 0 bridgehead atoms. The van der Waals surface area contributed by atoms with Crippen LogP contribution in [0.1, 0.15) is 42.5 Å². The molecular formula is C19H25N5O3. The largest absolute Gasteiger partial charge is 0.493 e. The van der Waals surface area contributed by atoms with Crippen molar-refractivity contribution in [2.45, 2.75) is 37.8 Å². The van der Waals surface area contributed by atoms with Crippen molar-refractivity contribution in [3.8, 4) is 11.5 Å². The summed E-state index contributed by atoms with van der Waals surface area (Å²) in [6.07, 6.45) is 5.38. The molecule has 0 radical (unpaired) electrons.